The van der Waals surface area contributed by atoms with E-state index in [0.29, 0.717) is 12.3 Å². The molecule has 2 rings (SSSR count). The van der Waals surface area contributed by atoms with E-state index < -0.39 is 0 Å². The Hall–Kier alpha value is -1.40. The molecule has 0 aliphatic heterocycles. The predicted molar refractivity (Wildman–Crippen MR) is 74.9 cm³/mol. The van der Waals surface area contributed by atoms with Crippen LogP contribution in [0.3, 0.4) is 0 Å². The van der Waals surface area contributed by atoms with Gasteiger partial charge in [0.15, 0.2) is 0 Å². The van der Waals surface area contributed by atoms with Gasteiger partial charge < -0.3 is 10.5 Å². The van der Waals surface area contributed by atoms with Gasteiger partial charge in [-0.15, -0.1) is 0 Å². The fraction of sp³-hybridized carbons (Fsp3) is 0.385. The van der Waals surface area contributed by atoms with Crippen molar-refractivity contribution in [1.82, 2.24) is 10.3 Å². The van der Waals surface area contributed by atoms with E-state index in [9.17, 15) is 0 Å². The summed E-state index contributed by atoms with van der Waals surface area (Å²) in [7, 11) is 0. The smallest absolute Gasteiger partial charge is 0.145 e. The SMILES string of the molecule is Cc1nonc1COc1ccc(CC(C)N)cc1Br. The summed E-state index contributed by atoms with van der Waals surface area (Å²) in [6, 6.07) is 6.09. The summed E-state index contributed by atoms with van der Waals surface area (Å²) in [5.41, 5.74) is 8.40. The lowest BCUT2D eigenvalue weighted by atomic mass is 10.1. The summed E-state index contributed by atoms with van der Waals surface area (Å²) < 4.78 is 11.2. The Labute approximate surface area is 120 Å². The van der Waals surface area contributed by atoms with Crippen LogP contribution in [0.5, 0.6) is 5.75 Å². The van der Waals surface area contributed by atoms with Crippen molar-refractivity contribution in [2.24, 2.45) is 5.73 Å². The molecular weight excluding hydrogens is 310 g/mol. The summed E-state index contributed by atoms with van der Waals surface area (Å²) in [6.45, 7) is 4.15. The van der Waals surface area contributed by atoms with E-state index in [-0.39, 0.29) is 6.04 Å². The maximum absolute atomic E-state index is 5.78. The van der Waals surface area contributed by atoms with Gasteiger partial charge in [0.05, 0.1) is 4.47 Å². The number of hydrogen-bond acceptors (Lipinski definition) is 5. The first-order valence-corrected chi connectivity index (χ1v) is 6.80. The first kappa shape index (κ1) is 14.0. The highest BCUT2D eigenvalue weighted by Gasteiger charge is 2.08. The second-order valence-corrected chi connectivity index (χ2v) is 5.39. The first-order valence-electron chi connectivity index (χ1n) is 6.01. The normalized spacial score (nSPS) is 12.4. The van der Waals surface area contributed by atoms with E-state index in [2.05, 4.69) is 30.9 Å². The molecule has 19 heavy (non-hydrogen) atoms. The monoisotopic (exact) mass is 325 g/mol. The van der Waals surface area contributed by atoms with Crippen molar-refractivity contribution in [3.63, 3.8) is 0 Å². The topological polar surface area (TPSA) is 74.2 Å². The molecule has 2 N–H and O–H groups in total. The maximum Gasteiger partial charge on any atom is 0.145 e. The van der Waals surface area contributed by atoms with Crippen LogP contribution in [0.4, 0.5) is 0 Å². The molecule has 0 aliphatic carbocycles. The summed E-state index contributed by atoms with van der Waals surface area (Å²) in [5, 5.41) is 7.48. The third-order valence-corrected chi connectivity index (χ3v) is 3.28. The number of benzene rings is 1. The van der Waals surface area contributed by atoms with Gasteiger partial charge in [-0.05, 0) is 53.9 Å². The van der Waals surface area contributed by atoms with Crippen molar-refractivity contribution in [2.75, 3.05) is 0 Å². The summed E-state index contributed by atoms with van der Waals surface area (Å²) in [5.74, 6) is 0.760. The molecule has 6 heteroatoms. The van der Waals surface area contributed by atoms with Crippen molar-refractivity contribution < 1.29 is 9.37 Å². The highest BCUT2D eigenvalue weighted by molar-refractivity contribution is 9.10. The average molecular weight is 326 g/mol. The molecule has 0 spiro atoms. The highest BCUT2D eigenvalue weighted by atomic mass is 79.9. The summed E-state index contributed by atoms with van der Waals surface area (Å²) >= 11 is 3.49. The Balaban J connectivity index is 2.03. The molecule has 0 fully saturated rings. The average Bonchev–Trinajstić information content (AvgIpc) is 2.73. The van der Waals surface area contributed by atoms with Gasteiger partial charge in [-0.1, -0.05) is 16.4 Å². The van der Waals surface area contributed by atoms with Crippen LogP contribution < -0.4 is 10.5 Å². The van der Waals surface area contributed by atoms with Gasteiger partial charge in [0.2, 0.25) is 0 Å². The molecular formula is C13H16BrN3O2. The van der Waals surface area contributed by atoms with Gasteiger partial charge in [-0.2, -0.15) is 0 Å². The Morgan fingerprint density at radius 1 is 1.42 bits per heavy atom. The lowest BCUT2D eigenvalue weighted by Crippen LogP contribution is -2.17. The number of aryl methyl sites for hydroxylation is 1. The van der Waals surface area contributed by atoms with E-state index in [1.54, 1.807) is 0 Å². The molecule has 0 saturated carbocycles. The largest absolute Gasteiger partial charge is 0.486 e. The molecule has 0 radical (unpaired) electrons. The molecule has 102 valence electrons. The summed E-state index contributed by atoms with van der Waals surface area (Å²) in [6.07, 6.45) is 0.838. The zero-order chi connectivity index (χ0) is 13.8. The second-order valence-electron chi connectivity index (χ2n) is 4.53. The van der Waals surface area contributed by atoms with Gasteiger partial charge in [-0.25, -0.2) is 4.63 Å². The first-order chi connectivity index (χ1) is 9.06. The Morgan fingerprint density at radius 3 is 2.79 bits per heavy atom. The van der Waals surface area contributed by atoms with Crippen LogP contribution in [0.25, 0.3) is 0 Å². The van der Waals surface area contributed by atoms with Crippen molar-refractivity contribution in [2.45, 2.75) is 32.9 Å². The molecule has 0 bridgehead atoms. The van der Waals surface area contributed by atoms with Crippen LogP contribution in [0.1, 0.15) is 23.9 Å². The Morgan fingerprint density at radius 2 is 2.21 bits per heavy atom. The van der Waals surface area contributed by atoms with Crippen LogP contribution in [-0.4, -0.2) is 16.4 Å². The quantitative estimate of drug-likeness (QED) is 0.914. The Kier molecular flexibility index (Phi) is 4.55. The van der Waals surface area contributed by atoms with Crippen LogP contribution in [0.15, 0.2) is 27.3 Å². The zero-order valence-electron chi connectivity index (χ0n) is 10.9. The molecule has 1 atom stereocenters. The zero-order valence-corrected chi connectivity index (χ0v) is 12.5. The predicted octanol–water partition coefficient (Wildman–Crippen LogP) is 2.61. The lowest BCUT2D eigenvalue weighted by Gasteiger charge is -2.10. The van der Waals surface area contributed by atoms with Crippen LogP contribution in [0, 0.1) is 6.92 Å². The van der Waals surface area contributed by atoms with Crippen molar-refractivity contribution in [3.8, 4) is 5.75 Å². The number of hydrogen-bond donors (Lipinski definition) is 1. The molecule has 0 amide bonds. The number of rotatable bonds is 5. The second kappa shape index (κ2) is 6.16. The standard InChI is InChI=1S/C13H16BrN3O2/c1-8(15)5-10-3-4-13(11(14)6-10)18-7-12-9(2)16-19-17-12/h3-4,6,8H,5,7,15H2,1-2H3. The van der Waals surface area contributed by atoms with E-state index in [4.69, 9.17) is 10.5 Å². The summed E-state index contributed by atoms with van der Waals surface area (Å²) in [4.78, 5) is 0. The Bertz CT molecular complexity index is 555. The van der Waals surface area contributed by atoms with E-state index in [1.165, 1.54) is 5.56 Å². The minimum absolute atomic E-state index is 0.141. The number of nitrogens with two attached hydrogens (primary N) is 1. The lowest BCUT2D eigenvalue weighted by molar-refractivity contribution is 0.269. The molecule has 5 nitrogen and oxygen atoms in total. The molecule has 0 saturated heterocycles. The van der Waals surface area contributed by atoms with Gasteiger partial charge >= 0.3 is 0 Å². The minimum atomic E-state index is 0.141. The fourth-order valence-corrected chi connectivity index (χ4v) is 2.23. The van der Waals surface area contributed by atoms with E-state index in [0.717, 1.165) is 22.3 Å². The molecule has 1 aromatic carbocycles. The maximum atomic E-state index is 5.78. The number of ether oxygens (including phenoxy) is 1. The van der Waals surface area contributed by atoms with Crippen LogP contribution >= 0.6 is 15.9 Å². The number of halogens is 1. The fourth-order valence-electron chi connectivity index (χ4n) is 1.69. The van der Waals surface area contributed by atoms with Gasteiger partial charge in [0.1, 0.15) is 23.7 Å². The van der Waals surface area contributed by atoms with Gasteiger partial charge in [-0.3, -0.25) is 0 Å². The minimum Gasteiger partial charge on any atom is -0.486 e. The van der Waals surface area contributed by atoms with Gasteiger partial charge in [0.25, 0.3) is 0 Å². The van der Waals surface area contributed by atoms with Crippen molar-refractivity contribution in [3.05, 3.63) is 39.6 Å². The molecule has 2 aromatic rings. The van der Waals surface area contributed by atoms with Gasteiger partial charge in [0, 0.05) is 6.04 Å². The molecule has 0 aliphatic rings. The van der Waals surface area contributed by atoms with Crippen LogP contribution in [-0.2, 0) is 13.0 Å². The van der Waals surface area contributed by atoms with Crippen molar-refractivity contribution >= 4 is 15.9 Å². The number of nitrogens with zero attached hydrogens (tertiary/aromatic N) is 2. The molecule has 1 unspecified atom stereocenters. The van der Waals surface area contributed by atoms with E-state index >= 15 is 0 Å². The third kappa shape index (κ3) is 3.78. The highest BCUT2D eigenvalue weighted by Crippen LogP contribution is 2.27. The van der Waals surface area contributed by atoms with E-state index in [1.807, 2.05) is 32.0 Å². The van der Waals surface area contributed by atoms with Crippen LogP contribution in [0.2, 0.25) is 0 Å². The molecule has 1 heterocycles. The third-order valence-electron chi connectivity index (χ3n) is 2.66. The number of aromatic nitrogens is 2. The van der Waals surface area contributed by atoms with Crippen molar-refractivity contribution in [1.29, 1.82) is 0 Å². The molecule has 1 aromatic heterocycles.